The van der Waals surface area contributed by atoms with E-state index >= 15 is 4.39 Å². The van der Waals surface area contributed by atoms with Crippen molar-refractivity contribution in [2.45, 2.75) is 83.3 Å². The van der Waals surface area contributed by atoms with E-state index in [2.05, 4.69) is 43.4 Å². The fourth-order valence-electron chi connectivity index (χ4n) is 8.51. The number of benzene rings is 3. The van der Waals surface area contributed by atoms with E-state index in [1.54, 1.807) is 55.3 Å². The average Bonchev–Trinajstić information content (AvgIpc) is 4.01. The Morgan fingerprint density at radius 2 is 1.48 bits per heavy atom. The monoisotopic (exact) mass is 860 g/mol. The van der Waals surface area contributed by atoms with Gasteiger partial charge in [0.2, 0.25) is 11.8 Å². The average molecular weight is 861 g/mol. The topological polar surface area (TPSA) is 175 Å². The van der Waals surface area contributed by atoms with Crippen LogP contribution in [0, 0.1) is 17.7 Å². The molecule has 0 spiro atoms. The van der Waals surface area contributed by atoms with Gasteiger partial charge in [-0.25, -0.2) is 32.7 Å². The first kappa shape index (κ1) is 43.2. The van der Waals surface area contributed by atoms with E-state index in [4.69, 9.17) is 9.72 Å². The molecule has 0 radical (unpaired) electrons. The zero-order valence-electron chi connectivity index (χ0n) is 35.4. The van der Waals surface area contributed by atoms with Gasteiger partial charge in [0.1, 0.15) is 29.5 Å². The number of alkyl halides is 2. The molecule has 324 valence electrons. The summed E-state index contributed by atoms with van der Waals surface area (Å²) in [7, 11) is 0.566. The van der Waals surface area contributed by atoms with E-state index < -0.39 is 74.9 Å². The number of fused-ring (bicyclic) bond motifs is 3. The van der Waals surface area contributed by atoms with Crippen molar-refractivity contribution < 1.29 is 41.8 Å². The molecule has 2 fully saturated rings. The number of carbonyl (C=O) groups is 4. The summed E-state index contributed by atoms with van der Waals surface area (Å²) in [5, 5.41) is 6.60. The zero-order chi connectivity index (χ0) is 44.1. The van der Waals surface area contributed by atoms with Gasteiger partial charge in [0.05, 0.1) is 63.8 Å². The summed E-state index contributed by atoms with van der Waals surface area (Å²) < 4.78 is 55.4. The van der Waals surface area contributed by atoms with Crippen molar-refractivity contribution in [3.05, 3.63) is 72.2 Å². The number of carbonyl (C=O) groups excluding carboxylic acids is 4. The Morgan fingerprint density at radius 1 is 0.836 bits per heavy atom. The SMILES string of the molecule is COC(=O)N[C@H](C(=O)N1C[Si](C)(C)C[C@H]1c1ncc(-c2ccc(-c3ccc4c(ccc5[nH]c([C@@H]6CC(F)(F)CN6C(=O)[C@@H](NC(=O)OC)C(C)C)nc54)c3)c(F)c2)[nH]1)C(C)C. The van der Waals surface area contributed by atoms with Gasteiger partial charge in [-0.2, -0.15) is 0 Å². The van der Waals surface area contributed by atoms with Gasteiger partial charge in [-0.1, -0.05) is 71.1 Å². The molecule has 0 aliphatic carbocycles. The highest BCUT2D eigenvalue weighted by Gasteiger charge is 2.50. The normalized spacial score (nSPS) is 19.4. The molecule has 4 atom stereocenters. The lowest BCUT2D eigenvalue weighted by molar-refractivity contribution is -0.137. The second-order valence-electron chi connectivity index (χ2n) is 17.5. The van der Waals surface area contributed by atoms with E-state index in [0.717, 1.165) is 23.4 Å². The number of hydrogen-bond acceptors (Lipinski definition) is 8. The number of ether oxygens (including phenoxy) is 2. The van der Waals surface area contributed by atoms with Crippen LogP contribution in [0.25, 0.3) is 44.2 Å². The van der Waals surface area contributed by atoms with Crippen LogP contribution in [0.1, 0.15) is 57.8 Å². The fraction of sp³-hybridized carbons (Fsp3) is 0.442. The molecule has 7 rings (SSSR count). The minimum Gasteiger partial charge on any atom is -0.453 e. The molecular formula is C43H51F3N8O6Si. The Hall–Kier alpha value is -5.91. The number of halogens is 3. The van der Waals surface area contributed by atoms with Crippen molar-refractivity contribution in [2.75, 3.05) is 26.9 Å². The Kier molecular flexibility index (Phi) is 11.7. The largest absolute Gasteiger partial charge is 0.453 e. The highest BCUT2D eigenvalue weighted by atomic mass is 28.3. The second-order valence-corrected chi connectivity index (χ2v) is 22.6. The number of aromatic amines is 2. The third-order valence-electron chi connectivity index (χ3n) is 11.6. The third kappa shape index (κ3) is 8.67. The number of rotatable bonds is 10. The summed E-state index contributed by atoms with van der Waals surface area (Å²) in [4.78, 5) is 70.3. The second kappa shape index (κ2) is 16.5. The van der Waals surface area contributed by atoms with Gasteiger partial charge in [0.25, 0.3) is 5.92 Å². The van der Waals surface area contributed by atoms with Gasteiger partial charge in [0.15, 0.2) is 0 Å². The van der Waals surface area contributed by atoms with Gasteiger partial charge in [-0.3, -0.25) is 9.59 Å². The van der Waals surface area contributed by atoms with Gasteiger partial charge < -0.3 is 39.9 Å². The smallest absolute Gasteiger partial charge is 0.407 e. The van der Waals surface area contributed by atoms with E-state index in [9.17, 15) is 28.0 Å². The van der Waals surface area contributed by atoms with Gasteiger partial charge in [0, 0.05) is 29.1 Å². The molecule has 0 saturated carbocycles. The highest BCUT2D eigenvalue weighted by Crippen LogP contribution is 2.42. The van der Waals surface area contributed by atoms with Crippen molar-refractivity contribution in [1.82, 2.24) is 40.4 Å². The molecule has 14 nitrogen and oxygen atoms in total. The lowest BCUT2D eigenvalue weighted by Gasteiger charge is -2.30. The summed E-state index contributed by atoms with van der Waals surface area (Å²) >= 11 is 0. The van der Waals surface area contributed by atoms with Crippen LogP contribution in [0.2, 0.25) is 19.1 Å². The quantitative estimate of drug-likeness (QED) is 0.103. The number of likely N-dealkylation sites (tertiary alicyclic amines) is 1. The molecule has 4 heterocycles. The van der Waals surface area contributed by atoms with Crippen LogP contribution in [0.15, 0.2) is 54.7 Å². The maximum absolute atomic E-state index is 16.0. The Balaban J connectivity index is 1.13. The van der Waals surface area contributed by atoms with Gasteiger partial charge >= 0.3 is 12.2 Å². The number of nitrogens with zero attached hydrogens (tertiary/aromatic N) is 4. The zero-order valence-corrected chi connectivity index (χ0v) is 36.4. The van der Waals surface area contributed by atoms with Crippen LogP contribution < -0.4 is 10.6 Å². The molecule has 4 amide bonds. The van der Waals surface area contributed by atoms with Crippen LogP contribution in [-0.2, 0) is 19.1 Å². The number of alkyl carbamates (subject to hydrolysis) is 2. The molecule has 18 heteroatoms. The predicted octanol–water partition coefficient (Wildman–Crippen LogP) is 7.71. The minimum absolute atomic E-state index is 0.180. The first-order valence-corrected chi connectivity index (χ1v) is 23.7. The molecule has 0 bridgehead atoms. The summed E-state index contributed by atoms with van der Waals surface area (Å²) in [5.74, 6) is -4.32. The molecule has 61 heavy (non-hydrogen) atoms. The minimum atomic E-state index is -3.18. The van der Waals surface area contributed by atoms with Crippen molar-refractivity contribution in [2.24, 2.45) is 11.8 Å². The third-order valence-corrected chi connectivity index (χ3v) is 14.3. The lowest BCUT2D eigenvalue weighted by atomic mass is 9.98. The molecule has 0 unspecified atom stereocenters. The Morgan fingerprint density at radius 3 is 2.10 bits per heavy atom. The number of aromatic nitrogens is 4. The lowest BCUT2D eigenvalue weighted by Crippen LogP contribution is -2.52. The molecule has 5 aromatic rings. The summed E-state index contributed by atoms with van der Waals surface area (Å²) in [6, 6.07) is 11.4. The van der Waals surface area contributed by atoms with Gasteiger partial charge in [-0.05, 0) is 47.0 Å². The van der Waals surface area contributed by atoms with E-state index in [0.29, 0.717) is 50.8 Å². The summed E-state index contributed by atoms with van der Waals surface area (Å²) in [6.45, 7) is 10.7. The predicted molar refractivity (Wildman–Crippen MR) is 226 cm³/mol. The number of H-pyrrole nitrogens is 2. The molecule has 2 aromatic heterocycles. The van der Waals surface area contributed by atoms with Crippen LogP contribution in [0.5, 0.6) is 0 Å². The van der Waals surface area contributed by atoms with Gasteiger partial charge in [-0.15, -0.1) is 0 Å². The van der Waals surface area contributed by atoms with Crippen molar-refractivity contribution >= 4 is 53.9 Å². The van der Waals surface area contributed by atoms with Crippen molar-refractivity contribution in [3.8, 4) is 22.4 Å². The maximum atomic E-state index is 16.0. The van der Waals surface area contributed by atoms with Crippen molar-refractivity contribution in [1.29, 1.82) is 0 Å². The van der Waals surface area contributed by atoms with Crippen LogP contribution in [0.3, 0.4) is 0 Å². The number of amides is 4. The molecule has 2 saturated heterocycles. The fourth-order valence-corrected chi connectivity index (χ4v) is 11.4. The van der Waals surface area contributed by atoms with E-state index in [1.807, 2.05) is 26.0 Å². The number of imidazole rings is 2. The number of nitrogens with one attached hydrogen (secondary N) is 4. The summed E-state index contributed by atoms with van der Waals surface area (Å²) in [5.41, 5.74) is 3.20. The highest BCUT2D eigenvalue weighted by molar-refractivity contribution is 6.78. The maximum Gasteiger partial charge on any atom is 0.407 e. The van der Waals surface area contributed by atoms with Crippen LogP contribution >= 0.6 is 0 Å². The van der Waals surface area contributed by atoms with E-state index in [1.165, 1.54) is 13.2 Å². The standard InChI is InChI=1S/C43H51F3N8O6Si/c1-22(2)34(51-41(57)59-5)39(55)53-20-43(45,46)17-32(53)38-48-30-14-11-25-15-24(9-13-28(25)36(30)50-38)27-12-10-26(16-29(27)44)31-18-47-37(49-31)33-19-61(7,8)21-54(33)40(56)35(23(3)4)52-42(58)60-6/h9-16,18,22-23,32-35H,17,19-21H2,1-8H3,(H,47,49)(H,48,50)(H,51,57)(H,52,58)/t32-,33-,34-,35-/m0/s1. The molecule has 2 aliphatic rings. The Labute approximate surface area is 352 Å². The molecular weight excluding hydrogens is 810 g/mol. The van der Waals surface area contributed by atoms with E-state index in [-0.39, 0.29) is 23.7 Å². The van der Waals surface area contributed by atoms with Crippen LogP contribution in [0.4, 0.5) is 22.8 Å². The Bertz CT molecular complexity index is 2510. The number of hydrogen-bond donors (Lipinski definition) is 4. The molecule has 3 aromatic carbocycles. The molecule has 4 N–H and O–H groups in total. The number of methoxy groups -OCH3 is 2. The van der Waals surface area contributed by atoms with Crippen LogP contribution in [-0.4, -0.2) is 107 Å². The van der Waals surface area contributed by atoms with Crippen molar-refractivity contribution in [3.63, 3.8) is 0 Å². The first-order valence-electron chi connectivity index (χ1n) is 20.2. The first-order chi connectivity index (χ1) is 28.8. The molecule has 2 aliphatic heterocycles. The summed E-state index contributed by atoms with van der Waals surface area (Å²) in [6.07, 6.45) is 0.0649.